The highest BCUT2D eigenvalue weighted by Gasteiger charge is 2.14. The molecular formula is C11H14ClF2N. The highest BCUT2D eigenvalue weighted by atomic mass is 35.5. The van der Waals surface area contributed by atoms with Crippen LogP contribution < -0.4 is 5.32 Å². The van der Waals surface area contributed by atoms with Crippen LogP contribution in [0.5, 0.6) is 0 Å². The minimum Gasteiger partial charge on any atom is -0.381 e. The van der Waals surface area contributed by atoms with E-state index in [1.807, 2.05) is 20.8 Å². The summed E-state index contributed by atoms with van der Waals surface area (Å²) in [6.07, 6.45) is 0. The molecule has 1 rings (SSSR count). The number of rotatable bonds is 2. The van der Waals surface area contributed by atoms with E-state index in [1.54, 1.807) is 0 Å². The fraction of sp³-hybridized carbons (Fsp3) is 0.455. The Bertz CT molecular complexity index is 335. The number of halogens is 3. The summed E-state index contributed by atoms with van der Waals surface area (Å²) in [5, 5.41) is 2.94. The molecule has 1 N–H and O–H groups in total. The highest BCUT2D eigenvalue weighted by molar-refractivity contribution is 6.33. The Morgan fingerprint density at radius 2 is 1.87 bits per heavy atom. The van der Waals surface area contributed by atoms with Crippen LogP contribution >= 0.6 is 11.6 Å². The summed E-state index contributed by atoms with van der Waals surface area (Å²) in [6, 6.07) is 1.91. The quantitative estimate of drug-likeness (QED) is 0.812. The standard InChI is InChI=1S/C11H14ClF2N/c1-11(2,3)6-15-10-8(12)4-7(13)5-9(10)14/h4-5,15H,6H2,1-3H3. The molecule has 0 spiro atoms. The molecule has 0 heterocycles. The van der Waals surface area contributed by atoms with Crippen molar-refractivity contribution < 1.29 is 8.78 Å². The molecule has 0 aliphatic carbocycles. The first-order valence-corrected chi connectivity index (χ1v) is 5.06. The van der Waals surface area contributed by atoms with Crippen molar-refractivity contribution in [2.45, 2.75) is 20.8 Å². The number of hydrogen-bond acceptors (Lipinski definition) is 1. The van der Waals surface area contributed by atoms with E-state index in [0.717, 1.165) is 12.1 Å². The van der Waals surface area contributed by atoms with Crippen LogP contribution in [0.2, 0.25) is 5.02 Å². The molecule has 1 nitrogen and oxygen atoms in total. The maximum atomic E-state index is 13.3. The third-order valence-electron chi connectivity index (χ3n) is 1.80. The van der Waals surface area contributed by atoms with Crippen LogP contribution in [-0.2, 0) is 0 Å². The van der Waals surface area contributed by atoms with Gasteiger partial charge in [0.2, 0.25) is 0 Å². The molecule has 0 bridgehead atoms. The molecule has 0 fully saturated rings. The lowest BCUT2D eigenvalue weighted by Gasteiger charge is -2.20. The molecule has 0 saturated heterocycles. The molecule has 0 aliphatic rings. The van der Waals surface area contributed by atoms with E-state index in [4.69, 9.17) is 11.6 Å². The number of hydrogen-bond donors (Lipinski definition) is 1. The van der Waals surface area contributed by atoms with Gasteiger partial charge in [0.25, 0.3) is 0 Å². The average molecular weight is 234 g/mol. The van der Waals surface area contributed by atoms with Gasteiger partial charge in [-0.25, -0.2) is 8.78 Å². The van der Waals surface area contributed by atoms with Crippen LogP contribution in [0.3, 0.4) is 0 Å². The van der Waals surface area contributed by atoms with E-state index >= 15 is 0 Å². The molecule has 1 aromatic rings. The lowest BCUT2D eigenvalue weighted by atomic mass is 9.97. The van der Waals surface area contributed by atoms with Crippen molar-refractivity contribution in [3.05, 3.63) is 28.8 Å². The van der Waals surface area contributed by atoms with Gasteiger partial charge in [-0.2, -0.15) is 0 Å². The zero-order valence-corrected chi connectivity index (χ0v) is 9.75. The van der Waals surface area contributed by atoms with Crippen molar-refractivity contribution in [3.8, 4) is 0 Å². The molecule has 4 heteroatoms. The molecule has 1 aromatic carbocycles. The minimum atomic E-state index is -0.668. The Morgan fingerprint density at radius 3 is 2.33 bits per heavy atom. The van der Waals surface area contributed by atoms with E-state index in [2.05, 4.69) is 5.32 Å². The van der Waals surface area contributed by atoms with Gasteiger partial charge in [-0.15, -0.1) is 0 Å². The molecule has 84 valence electrons. The molecule has 0 amide bonds. The third-order valence-corrected chi connectivity index (χ3v) is 2.10. The number of anilines is 1. The minimum absolute atomic E-state index is 0.00412. The van der Waals surface area contributed by atoms with Gasteiger partial charge in [0.15, 0.2) is 5.82 Å². The highest BCUT2D eigenvalue weighted by Crippen LogP contribution is 2.27. The number of benzene rings is 1. The van der Waals surface area contributed by atoms with E-state index in [0.29, 0.717) is 6.54 Å². The smallest absolute Gasteiger partial charge is 0.150 e. The van der Waals surface area contributed by atoms with Gasteiger partial charge in [-0.05, 0) is 11.5 Å². The second kappa shape index (κ2) is 4.35. The van der Waals surface area contributed by atoms with Gasteiger partial charge < -0.3 is 5.32 Å². The van der Waals surface area contributed by atoms with Crippen molar-refractivity contribution in [2.75, 3.05) is 11.9 Å². The maximum Gasteiger partial charge on any atom is 0.150 e. The van der Waals surface area contributed by atoms with Crippen LogP contribution in [0, 0.1) is 17.0 Å². The molecular weight excluding hydrogens is 220 g/mol. The van der Waals surface area contributed by atoms with Crippen LogP contribution in [0.4, 0.5) is 14.5 Å². The van der Waals surface area contributed by atoms with Crippen molar-refractivity contribution >= 4 is 17.3 Å². The van der Waals surface area contributed by atoms with Crippen molar-refractivity contribution in [2.24, 2.45) is 5.41 Å². The second-order valence-corrected chi connectivity index (χ2v) is 5.07. The summed E-state index contributed by atoms with van der Waals surface area (Å²) in [5.74, 6) is -1.33. The van der Waals surface area contributed by atoms with Crippen molar-refractivity contribution in [3.63, 3.8) is 0 Å². The maximum absolute atomic E-state index is 13.3. The van der Waals surface area contributed by atoms with E-state index in [9.17, 15) is 8.78 Å². The Kier molecular flexibility index (Phi) is 3.55. The van der Waals surface area contributed by atoms with Crippen LogP contribution in [0.1, 0.15) is 20.8 Å². The molecule has 0 unspecified atom stereocenters. The zero-order chi connectivity index (χ0) is 11.6. The Morgan fingerprint density at radius 1 is 1.27 bits per heavy atom. The van der Waals surface area contributed by atoms with Gasteiger partial charge >= 0.3 is 0 Å². The Labute approximate surface area is 93.4 Å². The SMILES string of the molecule is CC(C)(C)CNc1c(F)cc(F)cc1Cl. The van der Waals surface area contributed by atoms with Gasteiger partial charge in [-0.3, -0.25) is 0 Å². The number of nitrogens with one attached hydrogen (secondary N) is 1. The molecule has 0 aliphatic heterocycles. The lowest BCUT2D eigenvalue weighted by Crippen LogP contribution is -2.19. The molecule has 0 radical (unpaired) electrons. The first kappa shape index (κ1) is 12.2. The normalized spacial score (nSPS) is 11.6. The van der Waals surface area contributed by atoms with Crippen LogP contribution in [-0.4, -0.2) is 6.54 Å². The van der Waals surface area contributed by atoms with E-state index in [1.165, 1.54) is 0 Å². The molecule has 15 heavy (non-hydrogen) atoms. The predicted molar refractivity (Wildman–Crippen MR) is 59.3 cm³/mol. The predicted octanol–water partition coefficient (Wildman–Crippen LogP) is 4.08. The summed E-state index contributed by atoms with van der Waals surface area (Å²) in [4.78, 5) is 0. The largest absolute Gasteiger partial charge is 0.381 e. The summed E-state index contributed by atoms with van der Waals surface area (Å²) in [7, 11) is 0. The summed E-state index contributed by atoms with van der Waals surface area (Å²) >= 11 is 5.72. The zero-order valence-electron chi connectivity index (χ0n) is 9.00. The Balaban J connectivity index is 2.86. The van der Waals surface area contributed by atoms with Gasteiger partial charge in [0.05, 0.1) is 10.7 Å². The van der Waals surface area contributed by atoms with Gasteiger partial charge in [0.1, 0.15) is 5.82 Å². The fourth-order valence-electron chi connectivity index (χ4n) is 1.06. The van der Waals surface area contributed by atoms with E-state index in [-0.39, 0.29) is 16.1 Å². The fourth-order valence-corrected chi connectivity index (χ4v) is 1.33. The third kappa shape index (κ3) is 3.67. The van der Waals surface area contributed by atoms with Gasteiger partial charge in [-0.1, -0.05) is 32.4 Å². The summed E-state index contributed by atoms with van der Waals surface area (Å²) < 4.78 is 26.0. The van der Waals surface area contributed by atoms with Crippen LogP contribution in [0.15, 0.2) is 12.1 Å². The van der Waals surface area contributed by atoms with Gasteiger partial charge in [0, 0.05) is 12.6 Å². The first-order chi connectivity index (χ1) is 6.79. The molecule has 0 atom stereocenters. The second-order valence-electron chi connectivity index (χ2n) is 4.66. The summed E-state index contributed by atoms with van der Waals surface area (Å²) in [6.45, 7) is 6.59. The topological polar surface area (TPSA) is 12.0 Å². The average Bonchev–Trinajstić information content (AvgIpc) is 1.99. The molecule has 0 saturated carbocycles. The van der Waals surface area contributed by atoms with Crippen molar-refractivity contribution in [1.29, 1.82) is 0 Å². The first-order valence-electron chi connectivity index (χ1n) is 4.68. The monoisotopic (exact) mass is 233 g/mol. The lowest BCUT2D eigenvalue weighted by molar-refractivity contribution is 0.442. The van der Waals surface area contributed by atoms with Crippen molar-refractivity contribution in [1.82, 2.24) is 0 Å². The van der Waals surface area contributed by atoms with E-state index < -0.39 is 11.6 Å². The summed E-state index contributed by atoms with van der Waals surface area (Å²) in [5.41, 5.74) is 0.164. The Hall–Kier alpha value is -0.830. The molecule has 0 aromatic heterocycles. The van der Waals surface area contributed by atoms with Crippen LogP contribution in [0.25, 0.3) is 0 Å².